The zero-order valence-electron chi connectivity index (χ0n) is 19.0. The molecule has 0 spiro atoms. The van der Waals surface area contributed by atoms with Gasteiger partial charge in [-0.2, -0.15) is 0 Å². The Morgan fingerprint density at radius 2 is 1.41 bits per heavy atom. The van der Waals surface area contributed by atoms with Crippen LogP contribution in [0.3, 0.4) is 0 Å². The summed E-state index contributed by atoms with van der Waals surface area (Å²) >= 11 is 0. The highest BCUT2D eigenvalue weighted by atomic mass is 16.6. The van der Waals surface area contributed by atoms with Crippen LogP contribution in [0.1, 0.15) is 131 Å². The Labute approximate surface area is 169 Å². The lowest BCUT2D eigenvalue weighted by molar-refractivity contribution is -0.00430. The largest absolute Gasteiger partial charge is 0.444 e. The van der Waals surface area contributed by atoms with E-state index in [9.17, 15) is 4.79 Å². The van der Waals surface area contributed by atoms with Crippen molar-refractivity contribution in [1.82, 2.24) is 4.90 Å². The van der Waals surface area contributed by atoms with Crippen LogP contribution in [0.2, 0.25) is 0 Å². The summed E-state index contributed by atoms with van der Waals surface area (Å²) in [7, 11) is 0. The van der Waals surface area contributed by atoms with Gasteiger partial charge < -0.3 is 9.64 Å². The van der Waals surface area contributed by atoms with Crippen LogP contribution in [0.15, 0.2) is 0 Å². The first-order valence-electron chi connectivity index (χ1n) is 11.9. The number of nitrogens with zero attached hydrogens (tertiary/aromatic N) is 1. The molecular weight excluding hydrogens is 334 g/mol. The maximum atomic E-state index is 12.6. The Hall–Kier alpha value is -0.730. The molecule has 1 rings (SSSR count). The van der Waals surface area contributed by atoms with Crippen LogP contribution < -0.4 is 0 Å². The predicted octanol–water partition coefficient (Wildman–Crippen LogP) is 7.87. The average molecular weight is 382 g/mol. The van der Waals surface area contributed by atoms with Gasteiger partial charge in [0.25, 0.3) is 0 Å². The van der Waals surface area contributed by atoms with E-state index in [4.69, 9.17) is 4.74 Å². The number of hydrogen-bond donors (Lipinski definition) is 0. The quantitative estimate of drug-likeness (QED) is 0.322. The number of amides is 1. The van der Waals surface area contributed by atoms with E-state index in [-0.39, 0.29) is 6.09 Å². The maximum absolute atomic E-state index is 12.6. The molecule has 1 aliphatic rings. The number of carbonyl (C=O) groups excluding carboxylic acids is 1. The monoisotopic (exact) mass is 381 g/mol. The van der Waals surface area contributed by atoms with E-state index in [1.54, 1.807) is 0 Å². The fourth-order valence-corrected chi connectivity index (χ4v) is 4.26. The van der Waals surface area contributed by atoms with E-state index in [2.05, 4.69) is 13.8 Å². The molecule has 0 saturated carbocycles. The fourth-order valence-electron chi connectivity index (χ4n) is 4.26. The summed E-state index contributed by atoms with van der Waals surface area (Å²) in [6.07, 6.45) is 19.6. The number of carbonyl (C=O) groups is 1. The Morgan fingerprint density at radius 3 is 1.93 bits per heavy atom. The minimum absolute atomic E-state index is 0.109. The Kier molecular flexibility index (Phi) is 12.1. The van der Waals surface area contributed by atoms with Crippen molar-refractivity contribution in [3.05, 3.63) is 0 Å². The minimum atomic E-state index is -0.407. The predicted molar refractivity (Wildman–Crippen MR) is 116 cm³/mol. The summed E-state index contributed by atoms with van der Waals surface area (Å²) < 4.78 is 5.67. The van der Waals surface area contributed by atoms with Crippen molar-refractivity contribution in [3.8, 4) is 0 Å². The number of unbranched alkanes of at least 4 members (excludes halogenated alkanes) is 10. The summed E-state index contributed by atoms with van der Waals surface area (Å²) in [5.74, 6) is 0. The van der Waals surface area contributed by atoms with Crippen LogP contribution in [0.25, 0.3) is 0 Å². The van der Waals surface area contributed by atoms with Crippen LogP contribution in [-0.4, -0.2) is 28.7 Å². The molecule has 0 aromatic carbocycles. The van der Waals surface area contributed by atoms with Crippen LogP contribution in [0, 0.1) is 0 Å². The van der Waals surface area contributed by atoms with Crippen molar-refractivity contribution >= 4 is 6.09 Å². The molecule has 1 saturated heterocycles. The van der Waals surface area contributed by atoms with Gasteiger partial charge in [-0.1, -0.05) is 77.6 Å². The second-order valence-corrected chi connectivity index (χ2v) is 9.65. The smallest absolute Gasteiger partial charge is 0.410 e. The molecule has 160 valence electrons. The van der Waals surface area contributed by atoms with Gasteiger partial charge in [-0.25, -0.2) is 4.79 Å². The van der Waals surface area contributed by atoms with E-state index in [1.165, 1.54) is 77.0 Å². The highest BCUT2D eigenvalue weighted by Gasteiger charge is 2.34. The number of piperidine rings is 1. The summed E-state index contributed by atoms with van der Waals surface area (Å²) in [6.45, 7) is 10.3. The first-order chi connectivity index (χ1) is 12.8. The van der Waals surface area contributed by atoms with E-state index in [0.717, 1.165) is 19.3 Å². The molecule has 3 nitrogen and oxygen atoms in total. The average Bonchev–Trinajstić information content (AvgIpc) is 2.58. The van der Waals surface area contributed by atoms with Gasteiger partial charge in [0.1, 0.15) is 5.60 Å². The van der Waals surface area contributed by atoms with Gasteiger partial charge in [-0.3, -0.25) is 0 Å². The lowest BCUT2D eigenvalue weighted by atomic mass is 9.93. The zero-order chi connectivity index (χ0) is 20.1. The summed E-state index contributed by atoms with van der Waals surface area (Å²) in [5, 5.41) is 0. The SMILES string of the molecule is CCCCCCCCCCCCC[C@@H]1CCC[C@@H](C)N1C(=O)OC(C)(C)C. The number of ether oxygens (including phenoxy) is 1. The van der Waals surface area contributed by atoms with Crippen molar-refractivity contribution < 1.29 is 9.53 Å². The molecule has 0 aromatic rings. The molecule has 2 atom stereocenters. The second kappa shape index (κ2) is 13.4. The van der Waals surface area contributed by atoms with Gasteiger partial charge in [0, 0.05) is 12.1 Å². The van der Waals surface area contributed by atoms with Crippen LogP contribution in [0.5, 0.6) is 0 Å². The number of hydrogen-bond acceptors (Lipinski definition) is 2. The molecule has 0 unspecified atom stereocenters. The first kappa shape index (κ1) is 24.3. The molecule has 0 aromatic heterocycles. The van der Waals surface area contributed by atoms with Gasteiger partial charge in [-0.15, -0.1) is 0 Å². The molecule has 1 amide bonds. The van der Waals surface area contributed by atoms with Crippen LogP contribution in [0.4, 0.5) is 4.79 Å². The third-order valence-corrected chi connectivity index (χ3v) is 5.77. The normalized spacial score (nSPS) is 20.7. The summed E-state index contributed by atoms with van der Waals surface area (Å²) in [5.41, 5.74) is -0.407. The van der Waals surface area contributed by atoms with Gasteiger partial charge in [0.15, 0.2) is 0 Å². The topological polar surface area (TPSA) is 29.5 Å². The molecule has 1 heterocycles. The van der Waals surface area contributed by atoms with Gasteiger partial charge in [0.2, 0.25) is 0 Å². The molecule has 0 N–H and O–H groups in total. The molecule has 27 heavy (non-hydrogen) atoms. The van der Waals surface area contributed by atoms with E-state index >= 15 is 0 Å². The lowest BCUT2D eigenvalue weighted by Gasteiger charge is -2.41. The first-order valence-corrected chi connectivity index (χ1v) is 11.9. The Morgan fingerprint density at radius 1 is 0.889 bits per heavy atom. The highest BCUT2D eigenvalue weighted by molar-refractivity contribution is 5.69. The molecular formula is C24H47NO2. The van der Waals surface area contributed by atoms with E-state index < -0.39 is 5.60 Å². The second-order valence-electron chi connectivity index (χ2n) is 9.65. The summed E-state index contributed by atoms with van der Waals surface area (Å²) in [4.78, 5) is 14.7. The Bertz CT molecular complexity index is 388. The molecule has 0 aliphatic carbocycles. The molecule has 0 radical (unpaired) electrons. The molecule has 1 aliphatic heterocycles. The zero-order valence-corrected chi connectivity index (χ0v) is 19.0. The van der Waals surface area contributed by atoms with Gasteiger partial charge in [0.05, 0.1) is 0 Å². The van der Waals surface area contributed by atoms with Crippen molar-refractivity contribution in [2.24, 2.45) is 0 Å². The fraction of sp³-hybridized carbons (Fsp3) is 0.958. The standard InChI is InChI=1S/C24H47NO2/c1-6-7-8-9-10-11-12-13-14-15-16-19-22-20-17-18-21(2)25(22)23(26)27-24(3,4)5/h21-22H,6-20H2,1-5H3/t21-,22-/m1/s1. The van der Waals surface area contributed by atoms with Crippen LogP contribution in [-0.2, 0) is 4.74 Å². The molecule has 1 fully saturated rings. The lowest BCUT2D eigenvalue weighted by Crippen LogP contribution is -2.50. The third kappa shape index (κ3) is 11.0. The van der Waals surface area contributed by atoms with E-state index in [1.807, 2.05) is 25.7 Å². The minimum Gasteiger partial charge on any atom is -0.444 e. The Balaban J connectivity index is 2.18. The highest BCUT2D eigenvalue weighted by Crippen LogP contribution is 2.28. The van der Waals surface area contributed by atoms with Crippen molar-refractivity contribution in [2.75, 3.05) is 0 Å². The number of rotatable bonds is 12. The molecule has 0 bridgehead atoms. The van der Waals surface area contributed by atoms with E-state index in [0.29, 0.717) is 12.1 Å². The van der Waals surface area contributed by atoms with Crippen molar-refractivity contribution in [2.45, 2.75) is 149 Å². The van der Waals surface area contributed by atoms with Gasteiger partial charge in [-0.05, 0) is 53.4 Å². The van der Waals surface area contributed by atoms with Crippen molar-refractivity contribution in [1.29, 1.82) is 0 Å². The van der Waals surface area contributed by atoms with Gasteiger partial charge >= 0.3 is 6.09 Å². The number of likely N-dealkylation sites (tertiary alicyclic amines) is 1. The third-order valence-electron chi connectivity index (χ3n) is 5.77. The summed E-state index contributed by atoms with van der Waals surface area (Å²) in [6, 6.07) is 0.688. The van der Waals surface area contributed by atoms with Crippen LogP contribution >= 0.6 is 0 Å². The van der Waals surface area contributed by atoms with Crippen molar-refractivity contribution in [3.63, 3.8) is 0 Å². The maximum Gasteiger partial charge on any atom is 0.410 e. The molecule has 3 heteroatoms.